The van der Waals surface area contributed by atoms with Crippen molar-refractivity contribution in [1.29, 1.82) is 5.26 Å². The standard InChI is InChI=1S/C16H8BrN3O3S/c17-12-3-1-10(2-4-12)14-9-24-16(19-14)11(8-18)7-13-5-6-15(23-13)20(21)22/h1-7,9H/b11-7+. The van der Waals surface area contributed by atoms with Crippen LogP contribution in [0.3, 0.4) is 0 Å². The second-order valence-electron chi connectivity index (χ2n) is 4.65. The molecule has 24 heavy (non-hydrogen) atoms. The molecule has 0 spiro atoms. The molecule has 1 aromatic carbocycles. The number of allylic oxidation sites excluding steroid dienone is 1. The summed E-state index contributed by atoms with van der Waals surface area (Å²) < 4.78 is 6.02. The molecule has 2 aromatic heterocycles. The van der Waals surface area contributed by atoms with E-state index in [0.717, 1.165) is 15.7 Å². The van der Waals surface area contributed by atoms with Crippen LogP contribution in [0.15, 0.2) is 50.7 Å². The van der Waals surface area contributed by atoms with E-state index in [2.05, 4.69) is 27.0 Å². The van der Waals surface area contributed by atoms with Gasteiger partial charge < -0.3 is 4.42 Å². The van der Waals surface area contributed by atoms with Gasteiger partial charge in [0, 0.05) is 21.5 Å². The highest BCUT2D eigenvalue weighted by molar-refractivity contribution is 9.10. The minimum atomic E-state index is -0.627. The summed E-state index contributed by atoms with van der Waals surface area (Å²) in [5, 5.41) is 22.4. The third-order valence-electron chi connectivity index (χ3n) is 3.07. The van der Waals surface area contributed by atoms with Gasteiger partial charge in [-0.25, -0.2) is 4.98 Å². The summed E-state index contributed by atoms with van der Waals surface area (Å²) >= 11 is 4.70. The number of benzene rings is 1. The lowest BCUT2D eigenvalue weighted by atomic mass is 10.2. The molecule has 8 heteroatoms. The molecule has 0 saturated carbocycles. The quantitative estimate of drug-likeness (QED) is 0.342. The number of nitriles is 1. The van der Waals surface area contributed by atoms with Crippen molar-refractivity contribution in [3.8, 4) is 17.3 Å². The maximum Gasteiger partial charge on any atom is 0.433 e. The van der Waals surface area contributed by atoms with Crippen LogP contribution < -0.4 is 0 Å². The Morgan fingerprint density at radius 3 is 2.71 bits per heavy atom. The molecule has 0 unspecified atom stereocenters. The summed E-state index contributed by atoms with van der Waals surface area (Å²) in [6.45, 7) is 0. The first-order chi connectivity index (χ1) is 11.6. The Hall–Kier alpha value is -2.76. The average Bonchev–Trinajstić information content (AvgIpc) is 3.23. The number of furan rings is 1. The van der Waals surface area contributed by atoms with Crippen LogP contribution in [0, 0.1) is 21.4 Å². The van der Waals surface area contributed by atoms with E-state index in [0.29, 0.717) is 5.01 Å². The van der Waals surface area contributed by atoms with Gasteiger partial charge in [-0.1, -0.05) is 28.1 Å². The van der Waals surface area contributed by atoms with Crippen molar-refractivity contribution in [3.05, 3.63) is 67.1 Å². The van der Waals surface area contributed by atoms with Crippen LogP contribution >= 0.6 is 27.3 Å². The number of rotatable bonds is 4. The summed E-state index contributed by atoms with van der Waals surface area (Å²) in [7, 11) is 0. The third kappa shape index (κ3) is 3.42. The third-order valence-corrected chi connectivity index (χ3v) is 4.48. The van der Waals surface area contributed by atoms with Gasteiger partial charge >= 0.3 is 5.88 Å². The van der Waals surface area contributed by atoms with Gasteiger partial charge in [0.05, 0.1) is 17.3 Å². The summed E-state index contributed by atoms with van der Waals surface area (Å²) in [5.74, 6) is -0.133. The molecule has 0 aliphatic rings. The van der Waals surface area contributed by atoms with E-state index in [1.54, 1.807) is 0 Å². The van der Waals surface area contributed by atoms with E-state index >= 15 is 0 Å². The van der Waals surface area contributed by atoms with Gasteiger partial charge in [-0.3, -0.25) is 10.1 Å². The van der Waals surface area contributed by atoms with Gasteiger partial charge in [0.1, 0.15) is 21.8 Å². The molecule has 0 aliphatic heterocycles. The number of hydrogen-bond acceptors (Lipinski definition) is 6. The topological polar surface area (TPSA) is 93.0 Å². The van der Waals surface area contributed by atoms with Crippen LogP contribution in [0.1, 0.15) is 10.8 Å². The summed E-state index contributed by atoms with van der Waals surface area (Å²) in [5.41, 5.74) is 1.98. The van der Waals surface area contributed by atoms with E-state index in [-0.39, 0.29) is 17.2 Å². The van der Waals surface area contributed by atoms with Crippen molar-refractivity contribution in [3.63, 3.8) is 0 Å². The molecule has 118 valence electrons. The Morgan fingerprint density at radius 2 is 2.08 bits per heavy atom. The number of halogens is 1. The number of hydrogen-bond donors (Lipinski definition) is 0. The zero-order valence-electron chi connectivity index (χ0n) is 12.0. The highest BCUT2D eigenvalue weighted by atomic mass is 79.9. The van der Waals surface area contributed by atoms with Crippen LogP contribution in [-0.2, 0) is 0 Å². The number of aromatic nitrogens is 1. The molecule has 0 fully saturated rings. The molecule has 3 rings (SSSR count). The summed E-state index contributed by atoms with van der Waals surface area (Å²) in [6.07, 6.45) is 1.44. The molecule has 0 saturated heterocycles. The molecule has 0 atom stereocenters. The fourth-order valence-corrected chi connectivity index (χ4v) is 3.01. The van der Waals surface area contributed by atoms with E-state index in [4.69, 9.17) is 4.42 Å². The minimum Gasteiger partial charge on any atom is -0.401 e. The van der Waals surface area contributed by atoms with Crippen molar-refractivity contribution in [2.45, 2.75) is 0 Å². The van der Waals surface area contributed by atoms with Gasteiger partial charge in [0.15, 0.2) is 0 Å². The van der Waals surface area contributed by atoms with Crippen LogP contribution in [0.25, 0.3) is 22.9 Å². The molecular weight excluding hydrogens is 394 g/mol. The van der Waals surface area contributed by atoms with Gasteiger partial charge in [-0.15, -0.1) is 11.3 Å². The van der Waals surface area contributed by atoms with Crippen molar-refractivity contribution in [1.82, 2.24) is 4.98 Å². The summed E-state index contributed by atoms with van der Waals surface area (Å²) in [4.78, 5) is 14.5. The van der Waals surface area contributed by atoms with E-state index in [1.807, 2.05) is 29.6 Å². The first-order valence-corrected chi connectivity index (χ1v) is 8.32. The molecule has 2 heterocycles. The molecular formula is C16H8BrN3O3S. The molecule has 0 aliphatic carbocycles. The van der Waals surface area contributed by atoms with Crippen LogP contribution in [0.4, 0.5) is 5.88 Å². The molecule has 6 nitrogen and oxygen atoms in total. The molecule has 0 N–H and O–H groups in total. The fourth-order valence-electron chi connectivity index (χ4n) is 1.95. The Morgan fingerprint density at radius 1 is 1.33 bits per heavy atom. The van der Waals surface area contributed by atoms with Crippen LogP contribution in [-0.4, -0.2) is 9.91 Å². The molecule has 3 aromatic rings. The Kier molecular flexibility index (Phi) is 4.55. The Bertz CT molecular complexity index is 967. The SMILES string of the molecule is N#C/C(=C\c1ccc([N+](=O)[O-])o1)c1nc(-c2ccc(Br)cc2)cs1. The molecule has 0 bridgehead atoms. The van der Waals surface area contributed by atoms with Gasteiger partial charge in [-0.05, 0) is 18.2 Å². The van der Waals surface area contributed by atoms with Crippen molar-refractivity contribution < 1.29 is 9.34 Å². The maximum absolute atomic E-state index is 10.6. The van der Waals surface area contributed by atoms with Crippen molar-refractivity contribution >= 4 is 44.8 Å². The largest absolute Gasteiger partial charge is 0.433 e. The lowest BCUT2D eigenvalue weighted by molar-refractivity contribution is -0.402. The number of thiazole rings is 1. The van der Waals surface area contributed by atoms with Gasteiger partial charge in [-0.2, -0.15) is 5.26 Å². The zero-order valence-corrected chi connectivity index (χ0v) is 14.4. The minimum absolute atomic E-state index is 0.235. The second-order valence-corrected chi connectivity index (χ2v) is 6.42. The first kappa shape index (κ1) is 16.1. The van der Waals surface area contributed by atoms with Crippen LogP contribution in [0.5, 0.6) is 0 Å². The lowest BCUT2D eigenvalue weighted by Crippen LogP contribution is -1.83. The normalized spacial score (nSPS) is 11.2. The van der Waals surface area contributed by atoms with Crippen molar-refractivity contribution in [2.75, 3.05) is 0 Å². The highest BCUT2D eigenvalue weighted by Crippen LogP contribution is 2.28. The molecule has 0 radical (unpaired) electrons. The lowest BCUT2D eigenvalue weighted by Gasteiger charge is -1.96. The highest BCUT2D eigenvalue weighted by Gasteiger charge is 2.13. The smallest absolute Gasteiger partial charge is 0.401 e. The zero-order chi connectivity index (χ0) is 17.1. The number of nitrogens with zero attached hydrogens (tertiary/aromatic N) is 3. The van der Waals surface area contributed by atoms with E-state index in [1.165, 1.54) is 29.5 Å². The van der Waals surface area contributed by atoms with Crippen molar-refractivity contribution in [2.24, 2.45) is 0 Å². The summed E-state index contributed by atoms with van der Waals surface area (Å²) in [6, 6.07) is 12.4. The Labute approximate surface area is 149 Å². The fraction of sp³-hybridized carbons (Fsp3) is 0. The van der Waals surface area contributed by atoms with E-state index in [9.17, 15) is 15.4 Å². The average molecular weight is 402 g/mol. The van der Waals surface area contributed by atoms with Gasteiger partial charge in [0.2, 0.25) is 0 Å². The monoisotopic (exact) mass is 401 g/mol. The predicted molar refractivity (Wildman–Crippen MR) is 94.1 cm³/mol. The second kappa shape index (κ2) is 6.78. The van der Waals surface area contributed by atoms with Gasteiger partial charge in [0.25, 0.3) is 0 Å². The molecule has 0 amide bonds. The van der Waals surface area contributed by atoms with E-state index < -0.39 is 4.92 Å². The van der Waals surface area contributed by atoms with Crippen LogP contribution in [0.2, 0.25) is 0 Å². The Balaban J connectivity index is 1.91. The number of nitro groups is 1. The first-order valence-electron chi connectivity index (χ1n) is 6.64. The maximum atomic E-state index is 10.6. The predicted octanol–water partition coefficient (Wildman–Crippen LogP) is 5.14.